The molecule has 0 aliphatic carbocycles. The lowest BCUT2D eigenvalue weighted by atomic mass is 10.1. The Labute approximate surface area is 165 Å². The molecule has 0 heterocycles. The molecule has 0 rings (SSSR count). The number of nitrogens with one attached hydrogen (secondary N) is 3. The minimum Gasteiger partial charge on any atom is -0.481 e. The molecule has 14 nitrogen and oxygen atoms in total. The fraction of sp³-hybridized carbons (Fsp3) is 0.600. The van der Waals surface area contributed by atoms with Crippen molar-refractivity contribution in [1.29, 1.82) is 0 Å². The molecule has 0 bridgehead atoms. The van der Waals surface area contributed by atoms with Crippen LogP contribution in [0.5, 0.6) is 0 Å². The van der Waals surface area contributed by atoms with E-state index < -0.39 is 78.7 Å². The maximum Gasteiger partial charge on any atom is 0.325 e. The molecule has 0 aliphatic rings. The van der Waals surface area contributed by atoms with Crippen LogP contribution in [0.1, 0.15) is 26.7 Å². The summed E-state index contributed by atoms with van der Waals surface area (Å²) >= 11 is 0. The van der Waals surface area contributed by atoms with E-state index in [0.29, 0.717) is 0 Å². The van der Waals surface area contributed by atoms with Gasteiger partial charge in [0.05, 0.1) is 18.9 Å². The Morgan fingerprint density at radius 2 is 1.28 bits per heavy atom. The summed E-state index contributed by atoms with van der Waals surface area (Å²) in [4.78, 5) is 69.4. The van der Waals surface area contributed by atoms with Crippen LogP contribution in [0.4, 0.5) is 0 Å². The van der Waals surface area contributed by atoms with Gasteiger partial charge >= 0.3 is 11.9 Å². The van der Waals surface area contributed by atoms with Gasteiger partial charge in [-0.1, -0.05) is 0 Å². The van der Waals surface area contributed by atoms with Gasteiger partial charge in [-0.2, -0.15) is 0 Å². The Hall–Kier alpha value is -3.26. The van der Waals surface area contributed by atoms with Crippen molar-refractivity contribution in [3.8, 4) is 0 Å². The molecular weight excluding hydrogens is 394 g/mol. The summed E-state index contributed by atoms with van der Waals surface area (Å²) in [5.41, 5.74) is 10.4. The van der Waals surface area contributed by atoms with Crippen LogP contribution in [0.3, 0.4) is 0 Å². The van der Waals surface area contributed by atoms with E-state index in [1.807, 2.05) is 16.0 Å². The Morgan fingerprint density at radius 1 is 0.828 bits per heavy atom. The van der Waals surface area contributed by atoms with Gasteiger partial charge in [-0.15, -0.1) is 0 Å². The molecule has 0 radical (unpaired) electrons. The predicted octanol–water partition coefficient (Wildman–Crippen LogP) is -4.40. The fourth-order valence-electron chi connectivity index (χ4n) is 1.93. The Morgan fingerprint density at radius 3 is 1.69 bits per heavy atom. The van der Waals surface area contributed by atoms with Crippen molar-refractivity contribution in [1.82, 2.24) is 16.0 Å². The zero-order chi connectivity index (χ0) is 22.9. The monoisotopic (exact) mass is 419 g/mol. The predicted molar refractivity (Wildman–Crippen MR) is 94.8 cm³/mol. The quantitative estimate of drug-likeness (QED) is 0.151. The first kappa shape index (κ1) is 25.7. The molecule has 0 spiro atoms. The summed E-state index contributed by atoms with van der Waals surface area (Å²) in [6.45, 7) is 2.33. The number of carbonyl (C=O) groups excluding carboxylic acids is 4. The zero-order valence-electron chi connectivity index (χ0n) is 15.7. The number of aliphatic carboxylic acids is 2. The van der Waals surface area contributed by atoms with Crippen molar-refractivity contribution >= 4 is 35.6 Å². The minimum absolute atomic E-state index is 0.717. The number of carboxylic acid groups (broad SMARTS) is 2. The second-order valence-electron chi connectivity index (χ2n) is 6.23. The van der Waals surface area contributed by atoms with Crippen molar-refractivity contribution in [2.24, 2.45) is 11.5 Å². The molecule has 0 aromatic rings. The van der Waals surface area contributed by atoms with E-state index in [-0.39, 0.29) is 0 Å². The van der Waals surface area contributed by atoms with E-state index in [1.54, 1.807) is 0 Å². The SMILES string of the molecule is CC(NC(=O)C(CC(N)=O)NC(=O)C(CC(=O)O)NC(=O)C(N)C(C)O)C(=O)O. The van der Waals surface area contributed by atoms with Crippen LogP contribution < -0.4 is 27.4 Å². The summed E-state index contributed by atoms with van der Waals surface area (Å²) in [6, 6.07) is -6.14. The van der Waals surface area contributed by atoms with Crippen LogP contribution in [0.25, 0.3) is 0 Å². The molecule has 10 N–H and O–H groups in total. The highest BCUT2D eigenvalue weighted by atomic mass is 16.4. The molecule has 0 aromatic carbocycles. The third-order valence-electron chi connectivity index (χ3n) is 3.60. The topological polar surface area (TPSA) is 251 Å². The number of aliphatic hydroxyl groups is 1. The van der Waals surface area contributed by atoms with E-state index in [9.17, 15) is 33.9 Å². The third kappa shape index (κ3) is 9.48. The number of amides is 4. The Balaban J connectivity index is 5.41. The molecule has 0 aliphatic heterocycles. The normalized spacial score (nSPS) is 15.7. The standard InChI is InChI=1S/C15H25N5O9/c1-5(15(28)29)18-12(25)7(3-9(16)22)19-13(26)8(4-10(23)24)20-14(27)11(17)6(2)21/h5-8,11,21H,3-4,17H2,1-2H3,(H2,16,22)(H,18,25)(H,19,26)(H,20,27)(H,23,24)(H,28,29). The third-order valence-corrected chi connectivity index (χ3v) is 3.60. The largest absolute Gasteiger partial charge is 0.481 e. The molecule has 4 amide bonds. The van der Waals surface area contributed by atoms with Crippen LogP contribution in [-0.4, -0.2) is 81.2 Å². The first-order valence-electron chi connectivity index (χ1n) is 8.33. The number of aliphatic hydroxyl groups excluding tert-OH is 1. The molecule has 164 valence electrons. The Bertz CT molecular complexity index is 667. The van der Waals surface area contributed by atoms with Crippen LogP contribution in [0, 0.1) is 0 Å². The zero-order valence-corrected chi connectivity index (χ0v) is 15.7. The van der Waals surface area contributed by atoms with Crippen molar-refractivity contribution in [3.05, 3.63) is 0 Å². The molecule has 0 aromatic heterocycles. The van der Waals surface area contributed by atoms with Crippen LogP contribution >= 0.6 is 0 Å². The summed E-state index contributed by atoms with van der Waals surface area (Å²) in [7, 11) is 0. The lowest BCUT2D eigenvalue weighted by molar-refractivity contribution is -0.143. The smallest absolute Gasteiger partial charge is 0.325 e. The molecule has 14 heteroatoms. The van der Waals surface area contributed by atoms with Gasteiger partial charge in [0.1, 0.15) is 24.2 Å². The van der Waals surface area contributed by atoms with Gasteiger partial charge in [0.2, 0.25) is 23.6 Å². The van der Waals surface area contributed by atoms with Gasteiger partial charge in [0.25, 0.3) is 0 Å². The van der Waals surface area contributed by atoms with Crippen molar-refractivity contribution in [2.45, 2.75) is 57.0 Å². The van der Waals surface area contributed by atoms with Gasteiger partial charge < -0.3 is 42.7 Å². The maximum absolute atomic E-state index is 12.4. The minimum atomic E-state index is -1.70. The van der Waals surface area contributed by atoms with Gasteiger partial charge in [-0.25, -0.2) is 0 Å². The van der Waals surface area contributed by atoms with Crippen molar-refractivity contribution in [2.75, 3.05) is 0 Å². The summed E-state index contributed by atoms with van der Waals surface area (Å²) in [5.74, 6) is -7.13. The number of primary amides is 1. The highest BCUT2D eigenvalue weighted by molar-refractivity contribution is 5.97. The molecule has 0 saturated heterocycles. The average molecular weight is 419 g/mol. The van der Waals surface area contributed by atoms with E-state index in [0.717, 1.165) is 6.92 Å². The molecule has 5 unspecified atom stereocenters. The summed E-state index contributed by atoms with van der Waals surface area (Å²) in [5, 5.41) is 33.2. The number of rotatable bonds is 12. The number of hydrogen-bond acceptors (Lipinski definition) is 8. The number of nitrogens with two attached hydrogens (primary N) is 2. The van der Waals surface area contributed by atoms with Crippen LogP contribution in [0.15, 0.2) is 0 Å². The summed E-state index contributed by atoms with van der Waals surface area (Å²) < 4.78 is 0. The first-order chi connectivity index (χ1) is 13.3. The second-order valence-corrected chi connectivity index (χ2v) is 6.23. The van der Waals surface area contributed by atoms with Gasteiger partial charge in [0, 0.05) is 0 Å². The lowest BCUT2D eigenvalue weighted by Gasteiger charge is -2.24. The molecule has 0 fully saturated rings. The van der Waals surface area contributed by atoms with E-state index in [2.05, 4.69) is 0 Å². The fourth-order valence-corrected chi connectivity index (χ4v) is 1.93. The second kappa shape index (κ2) is 11.6. The van der Waals surface area contributed by atoms with E-state index in [4.69, 9.17) is 21.7 Å². The van der Waals surface area contributed by atoms with Crippen molar-refractivity contribution in [3.63, 3.8) is 0 Å². The molecule has 5 atom stereocenters. The number of hydrogen-bond donors (Lipinski definition) is 8. The van der Waals surface area contributed by atoms with Gasteiger partial charge in [0.15, 0.2) is 0 Å². The lowest BCUT2D eigenvalue weighted by Crippen LogP contribution is -2.58. The summed E-state index contributed by atoms with van der Waals surface area (Å²) in [6.07, 6.45) is -2.92. The highest BCUT2D eigenvalue weighted by Crippen LogP contribution is 2.00. The van der Waals surface area contributed by atoms with E-state index in [1.165, 1.54) is 6.92 Å². The van der Waals surface area contributed by atoms with Crippen molar-refractivity contribution < 1.29 is 44.1 Å². The van der Waals surface area contributed by atoms with E-state index >= 15 is 0 Å². The van der Waals surface area contributed by atoms with Crippen LogP contribution in [0.2, 0.25) is 0 Å². The molecular formula is C15H25N5O9. The Kier molecular flexibility index (Phi) is 10.3. The maximum atomic E-state index is 12.4. The highest BCUT2D eigenvalue weighted by Gasteiger charge is 2.32. The molecule has 0 saturated carbocycles. The van der Waals surface area contributed by atoms with Gasteiger partial charge in [-0.3, -0.25) is 28.8 Å². The average Bonchev–Trinajstić information content (AvgIpc) is 2.58. The first-order valence-corrected chi connectivity index (χ1v) is 8.33. The number of carbonyl (C=O) groups is 6. The molecule has 29 heavy (non-hydrogen) atoms. The van der Waals surface area contributed by atoms with Gasteiger partial charge in [-0.05, 0) is 13.8 Å². The number of carboxylic acids is 2. The van der Waals surface area contributed by atoms with Crippen LogP contribution in [-0.2, 0) is 28.8 Å².